The van der Waals surface area contributed by atoms with E-state index in [-0.39, 0.29) is 0 Å². The Morgan fingerprint density at radius 1 is 1.00 bits per heavy atom. The molecule has 2 rings (SSSR count). The molecule has 0 spiro atoms. The van der Waals surface area contributed by atoms with Crippen LogP contribution in [0, 0.1) is 0 Å². The van der Waals surface area contributed by atoms with Crippen molar-refractivity contribution in [1.82, 2.24) is 0 Å². The van der Waals surface area contributed by atoms with Crippen molar-refractivity contribution in [2.75, 3.05) is 20.3 Å². The van der Waals surface area contributed by atoms with Crippen LogP contribution in [-0.2, 0) is 0 Å². The molecule has 0 radical (unpaired) electrons. The average molecular weight is 345 g/mol. The highest BCUT2D eigenvalue weighted by Gasteiger charge is 2.09. The minimum atomic E-state index is 0.324. The first-order valence-electron chi connectivity index (χ1n) is 7.85. The van der Waals surface area contributed by atoms with Crippen LogP contribution in [0.1, 0.15) is 30.9 Å². The van der Waals surface area contributed by atoms with Gasteiger partial charge < -0.3 is 19.9 Å². The van der Waals surface area contributed by atoms with Crippen LogP contribution in [0.3, 0.4) is 0 Å². The van der Waals surface area contributed by atoms with Crippen molar-refractivity contribution in [1.29, 1.82) is 0 Å². The number of methoxy groups -OCH3 is 1. The molecular weight excluding hydrogens is 322 g/mol. The van der Waals surface area contributed by atoms with Crippen LogP contribution in [0.4, 0.5) is 0 Å². The van der Waals surface area contributed by atoms with Crippen molar-refractivity contribution in [3.63, 3.8) is 0 Å². The predicted octanol–water partition coefficient (Wildman–Crippen LogP) is 3.91. The third-order valence-corrected chi connectivity index (χ3v) is 3.82. The first kappa shape index (κ1) is 18.1. The molecule has 2 aromatic rings. The normalized spacial score (nSPS) is 10.5. The minimum Gasteiger partial charge on any atom is -0.493 e. The van der Waals surface area contributed by atoms with Crippen LogP contribution >= 0.6 is 12.2 Å². The van der Waals surface area contributed by atoms with Crippen molar-refractivity contribution in [3.05, 3.63) is 53.6 Å². The zero-order valence-corrected chi connectivity index (χ0v) is 15.1. The number of rotatable bonds is 8. The van der Waals surface area contributed by atoms with E-state index < -0.39 is 0 Å². The summed E-state index contributed by atoms with van der Waals surface area (Å²) in [5.74, 6) is 2.53. The van der Waals surface area contributed by atoms with Gasteiger partial charge in [-0.1, -0.05) is 44.3 Å². The van der Waals surface area contributed by atoms with Gasteiger partial charge in [-0.3, -0.25) is 0 Å². The number of thiocarbonyl (C=S) groups is 1. The zero-order valence-electron chi connectivity index (χ0n) is 14.2. The largest absolute Gasteiger partial charge is 0.493 e. The lowest BCUT2D eigenvalue weighted by atomic mass is 10.0. The van der Waals surface area contributed by atoms with E-state index in [4.69, 9.17) is 32.2 Å². The smallest absolute Gasteiger partial charge is 0.162 e. The molecule has 0 fully saturated rings. The van der Waals surface area contributed by atoms with Gasteiger partial charge in [-0.2, -0.15) is 0 Å². The molecule has 0 atom stereocenters. The lowest BCUT2D eigenvalue weighted by Crippen LogP contribution is -2.12. The van der Waals surface area contributed by atoms with E-state index in [0.717, 1.165) is 11.3 Å². The van der Waals surface area contributed by atoms with Gasteiger partial charge in [-0.15, -0.1) is 0 Å². The van der Waals surface area contributed by atoms with Crippen LogP contribution in [-0.4, -0.2) is 25.3 Å². The number of nitrogens with two attached hydrogens (primary N) is 1. The monoisotopic (exact) mass is 345 g/mol. The SMILES string of the molecule is COc1ccc(C(N)=S)cc1OCCOc1ccccc1C(C)C. The Morgan fingerprint density at radius 3 is 2.29 bits per heavy atom. The average Bonchev–Trinajstić information content (AvgIpc) is 2.58. The van der Waals surface area contributed by atoms with E-state index in [0.29, 0.717) is 35.6 Å². The van der Waals surface area contributed by atoms with Gasteiger partial charge in [0.2, 0.25) is 0 Å². The van der Waals surface area contributed by atoms with Crippen molar-refractivity contribution in [3.8, 4) is 17.2 Å². The Balaban J connectivity index is 1.97. The van der Waals surface area contributed by atoms with E-state index >= 15 is 0 Å². The maximum absolute atomic E-state index is 5.86. The first-order chi connectivity index (χ1) is 11.5. The third-order valence-electron chi connectivity index (χ3n) is 3.59. The molecule has 0 aliphatic heterocycles. The molecule has 4 nitrogen and oxygen atoms in total. The summed E-state index contributed by atoms with van der Waals surface area (Å²) in [6.45, 7) is 5.11. The van der Waals surface area contributed by atoms with E-state index in [2.05, 4.69) is 19.9 Å². The molecule has 0 aliphatic rings. The van der Waals surface area contributed by atoms with E-state index in [1.807, 2.05) is 24.3 Å². The van der Waals surface area contributed by atoms with Crippen molar-refractivity contribution < 1.29 is 14.2 Å². The van der Waals surface area contributed by atoms with Crippen LogP contribution < -0.4 is 19.9 Å². The molecule has 0 heterocycles. The molecule has 0 aromatic heterocycles. The summed E-state index contributed by atoms with van der Waals surface area (Å²) in [6.07, 6.45) is 0. The Hall–Kier alpha value is -2.27. The van der Waals surface area contributed by atoms with Crippen LogP contribution in [0.25, 0.3) is 0 Å². The highest BCUT2D eigenvalue weighted by molar-refractivity contribution is 7.80. The van der Waals surface area contributed by atoms with Gasteiger partial charge in [0.15, 0.2) is 11.5 Å². The van der Waals surface area contributed by atoms with E-state index in [9.17, 15) is 0 Å². The van der Waals surface area contributed by atoms with Gasteiger partial charge in [0.1, 0.15) is 24.0 Å². The second-order valence-corrected chi connectivity index (χ2v) is 6.06. The summed E-state index contributed by atoms with van der Waals surface area (Å²) in [4.78, 5) is 0.324. The molecule has 0 amide bonds. The van der Waals surface area contributed by atoms with Gasteiger partial charge in [0, 0.05) is 5.56 Å². The molecule has 0 bridgehead atoms. The molecule has 24 heavy (non-hydrogen) atoms. The van der Waals surface area contributed by atoms with E-state index in [1.165, 1.54) is 5.56 Å². The molecular formula is C19H23NO3S. The third kappa shape index (κ3) is 4.61. The quantitative estimate of drug-likeness (QED) is 0.581. The summed E-state index contributed by atoms with van der Waals surface area (Å²) in [5, 5.41) is 0. The zero-order chi connectivity index (χ0) is 17.5. The Bertz CT molecular complexity index is 701. The number of benzene rings is 2. The lowest BCUT2D eigenvalue weighted by molar-refractivity contribution is 0.210. The molecule has 128 valence electrons. The number of ether oxygens (including phenoxy) is 3. The summed E-state index contributed by atoms with van der Waals surface area (Å²) in [5.41, 5.74) is 7.59. The van der Waals surface area contributed by atoms with Crippen molar-refractivity contribution in [2.45, 2.75) is 19.8 Å². The number of hydrogen-bond acceptors (Lipinski definition) is 4. The minimum absolute atomic E-state index is 0.324. The molecule has 0 unspecified atom stereocenters. The second kappa shape index (κ2) is 8.55. The van der Waals surface area contributed by atoms with Crippen molar-refractivity contribution in [2.24, 2.45) is 5.73 Å². The maximum Gasteiger partial charge on any atom is 0.162 e. The molecule has 0 aliphatic carbocycles. The summed E-state index contributed by atoms with van der Waals surface area (Å²) >= 11 is 5.00. The standard InChI is InChI=1S/C19H23NO3S/c1-13(2)15-6-4-5-7-16(15)22-10-11-23-18-12-14(19(20)24)8-9-17(18)21-3/h4-9,12-13H,10-11H2,1-3H3,(H2,20,24). The van der Waals surface area contributed by atoms with Crippen molar-refractivity contribution >= 4 is 17.2 Å². The topological polar surface area (TPSA) is 53.7 Å². The highest BCUT2D eigenvalue weighted by atomic mass is 32.1. The fourth-order valence-corrected chi connectivity index (χ4v) is 2.46. The molecule has 0 saturated carbocycles. The van der Waals surface area contributed by atoms with Gasteiger partial charge in [0.25, 0.3) is 0 Å². The lowest BCUT2D eigenvalue weighted by Gasteiger charge is -2.15. The van der Waals surface area contributed by atoms with E-state index in [1.54, 1.807) is 19.2 Å². The fourth-order valence-electron chi connectivity index (χ4n) is 2.33. The van der Waals surface area contributed by atoms with Gasteiger partial charge in [0.05, 0.1) is 7.11 Å². The first-order valence-corrected chi connectivity index (χ1v) is 8.26. The molecule has 0 saturated heterocycles. The Morgan fingerprint density at radius 2 is 1.67 bits per heavy atom. The highest BCUT2D eigenvalue weighted by Crippen LogP contribution is 2.28. The predicted molar refractivity (Wildman–Crippen MR) is 100 cm³/mol. The molecule has 2 N–H and O–H groups in total. The van der Waals surface area contributed by atoms with Crippen LogP contribution in [0.15, 0.2) is 42.5 Å². The maximum atomic E-state index is 5.86. The van der Waals surface area contributed by atoms with Gasteiger partial charge >= 0.3 is 0 Å². The summed E-state index contributed by atoms with van der Waals surface area (Å²) < 4.78 is 16.9. The number of hydrogen-bond donors (Lipinski definition) is 1. The van der Waals surface area contributed by atoms with Gasteiger partial charge in [-0.05, 0) is 35.7 Å². The summed E-state index contributed by atoms with van der Waals surface area (Å²) in [6, 6.07) is 13.4. The summed E-state index contributed by atoms with van der Waals surface area (Å²) in [7, 11) is 1.60. The molecule has 5 heteroatoms. The van der Waals surface area contributed by atoms with Gasteiger partial charge in [-0.25, -0.2) is 0 Å². The van der Waals surface area contributed by atoms with Crippen LogP contribution in [0.2, 0.25) is 0 Å². The Kier molecular flexibility index (Phi) is 6.44. The Labute approximate surface area is 148 Å². The molecule has 2 aromatic carbocycles. The number of para-hydroxylation sites is 1. The van der Waals surface area contributed by atoms with Crippen LogP contribution in [0.5, 0.6) is 17.2 Å². The fraction of sp³-hybridized carbons (Fsp3) is 0.316. The second-order valence-electron chi connectivity index (χ2n) is 5.62.